The summed E-state index contributed by atoms with van der Waals surface area (Å²) in [4.78, 5) is 4.90. The number of aryl methyl sites for hydroxylation is 3. The Labute approximate surface area is 204 Å². The number of fused-ring (bicyclic) bond motifs is 3. The van der Waals surface area contributed by atoms with Crippen molar-refractivity contribution in [3.05, 3.63) is 114 Å². The van der Waals surface area contributed by atoms with Gasteiger partial charge in [-0.3, -0.25) is 4.98 Å². The SMILES string of the molecule is Cc1cc(-c2cccc3c2sc2cc(-c4c(C)cccc4C)ccc23)ncc1-c1ccccc1. The molecule has 6 aromatic rings. The average Bonchev–Trinajstić information content (AvgIpc) is 3.22. The number of hydrogen-bond donors (Lipinski definition) is 0. The third kappa shape index (κ3) is 3.43. The number of rotatable bonds is 3. The number of thiophene rings is 1. The van der Waals surface area contributed by atoms with E-state index in [0.717, 1.165) is 5.69 Å². The minimum Gasteiger partial charge on any atom is -0.256 e. The molecule has 0 bridgehead atoms. The van der Waals surface area contributed by atoms with Gasteiger partial charge in [0, 0.05) is 37.5 Å². The molecule has 1 nitrogen and oxygen atoms in total. The van der Waals surface area contributed by atoms with E-state index in [-0.39, 0.29) is 0 Å². The van der Waals surface area contributed by atoms with Crippen LogP contribution in [0.1, 0.15) is 16.7 Å². The first-order valence-electron chi connectivity index (χ1n) is 11.6. The number of aromatic nitrogens is 1. The molecular weight excluding hydrogens is 430 g/mol. The van der Waals surface area contributed by atoms with Gasteiger partial charge in [-0.05, 0) is 66.3 Å². The molecule has 34 heavy (non-hydrogen) atoms. The molecule has 0 fully saturated rings. The first-order chi connectivity index (χ1) is 16.6. The summed E-state index contributed by atoms with van der Waals surface area (Å²) in [6, 6.07) is 32.8. The zero-order valence-corrected chi connectivity index (χ0v) is 20.4. The monoisotopic (exact) mass is 455 g/mol. The quantitative estimate of drug-likeness (QED) is 0.259. The highest BCUT2D eigenvalue weighted by molar-refractivity contribution is 7.26. The van der Waals surface area contributed by atoms with Crippen molar-refractivity contribution in [2.45, 2.75) is 20.8 Å². The van der Waals surface area contributed by atoms with Gasteiger partial charge in [0.25, 0.3) is 0 Å². The van der Waals surface area contributed by atoms with Crippen LogP contribution in [0.5, 0.6) is 0 Å². The highest BCUT2D eigenvalue weighted by atomic mass is 32.1. The lowest BCUT2D eigenvalue weighted by atomic mass is 9.95. The van der Waals surface area contributed by atoms with Crippen LogP contribution >= 0.6 is 11.3 Å². The smallest absolute Gasteiger partial charge is 0.0719 e. The molecule has 2 aromatic heterocycles. The van der Waals surface area contributed by atoms with Crippen molar-refractivity contribution in [2.24, 2.45) is 0 Å². The van der Waals surface area contributed by atoms with Gasteiger partial charge in [-0.1, -0.05) is 78.9 Å². The van der Waals surface area contributed by atoms with Gasteiger partial charge in [-0.2, -0.15) is 0 Å². The highest BCUT2D eigenvalue weighted by Gasteiger charge is 2.14. The summed E-state index contributed by atoms with van der Waals surface area (Å²) in [5.41, 5.74) is 11.1. The van der Waals surface area contributed by atoms with Crippen molar-refractivity contribution in [1.82, 2.24) is 4.98 Å². The van der Waals surface area contributed by atoms with Gasteiger partial charge >= 0.3 is 0 Å². The van der Waals surface area contributed by atoms with Crippen LogP contribution < -0.4 is 0 Å². The summed E-state index contributed by atoms with van der Waals surface area (Å²) in [5, 5.41) is 2.62. The minimum atomic E-state index is 1.03. The number of hydrogen-bond acceptors (Lipinski definition) is 2. The fraction of sp³-hybridized carbons (Fsp3) is 0.0938. The summed E-state index contributed by atoms with van der Waals surface area (Å²) >= 11 is 1.87. The summed E-state index contributed by atoms with van der Waals surface area (Å²) in [6.07, 6.45) is 2.02. The van der Waals surface area contributed by atoms with Crippen LogP contribution in [0, 0.1) is 20.8 Å². The van der Waals surface area contributed by atoms with Gasteiger partial charge in [-0.15, -0.1) is 11.3 Å². The molecule has 0 radical (unpaired) electrons. The van der Waals surface area contributed by atoms with E-state index in [1.165, 1.54) is 64.7 Å². The van der Waals surface area contributed by atoms with Crippen LogP contribution in [-0.2, 0) is 0 Å². The van der Waals surface area contributed by atoms with Gasteiger partial charge in [0.15, 0.2) is 0 Å². The third-order valence-corrected chi connectivity index (χ3v) is 7.94. The predicted molar refractivity (Wildman–Crippen MR) is 148 cm³/mol. The molecule has 0 spiro atoms. The zero-order chi connectivity index (χ0) is 23.2. The van der Waals surface area contributed by atoms with Crippen LogP contribution in [0.2, 0.25) is 0 Å². The second kappa shape index (κ2) is 8.23. The lowest BCUT2D eigenvalue weighted by molar-refractivity contribution is 1.29. The van der Waals surface area contributed by atoms with Crippen LogP contribution in [-0.4, -0.2) is 4.98 Å². The topological polar surface area (TPSA) is 12.9 Å². The van der Waals surface area contributed by atoms with Gasteiger partial charge in [-0.25, -0.2) is 0 Å². The fourth-order valence-corrected chi connectivity index (χ4v) is 6.31. The molecule has 2 heterocycles. The molecule has 0 atom stereocenters. The van der Waals surface area contributed by atoms with E-state index in [2.05, 4.69) is 112 Å². The first kappa shape index (κ1) is 20.8. The molecule has 0 aliphatic rings. The van der Waals surface area contributed by atoms with Crippen LogP contribution in [0.4, 0.5) is 0 Å². The Bertz CT molecular complexity index is 1650. The van der Waals surface area contributed by atoms with E-state index in [0.29, 0.717) is 0 Å². The van der Waals surface area contributed by atoms with Crippen molar-refractivity contribution < 1.29 is 0 Å². The second-order valence-electron chi connectivity index (χ2n) is 9.01. The van der Waals surface area contributed by atoms with Gasteiger partial charge in [0.1, 0.15) is 0 Å². The lowest BCUT2D eigenvalue weighted by Gasteiger charge is -2.10. The summed E-state index contributed by atoms with van der Waals surface area (Å²) in [6.45, 7) is 6.57. The summed E-state index contributed by atoms with van der Waals surface area (Å²) in [5.74, 6) is 0. The van der Waals surface area contributed by atoms with Crippen molar-refractivity contribution in [1.29, 1.82) is 0 Å². The predicted octanol–water partition coefficient (Wildman–Crippen LogP) is 9.38. The second-order valence-corrected chi connectivity index (χ2v) is 10.1. The lowest BCUT2D eigenvalue weighted by Crippen LogP contribution is -1.89. The molecule has 0 aliphatic heterocycles. The Balaban J connectivity index is 1.50. The molecule has 0 aliphatic carbocycles. The fourth-order valence-electron chi connectivity index (χ4n) is 5.05. The van der Waals surface area contributed by atoms with Crippen molar-refractivity contribution >= 4 is 31.5 Å². The normalized spacial score (nSPS) is 11.4. The Morgan fingerprint density at radius 1 is 0.588 bits per heavy atom. The molecule has 0 saturated heterocycles. The molecule has 0 unspecified atom stereocenters. The Hall–Kier alpha value is -3.75. The number of nitrogens with zero attached hydrogens (tertiary/aromatic N) is 1. The first-order valence-corrected chi connectivity index (χ1v) is 12.5. The number of benzene rings is 4. The number of pyridine rings is 1. The molecule has 2 heteroatoms. The van der Waals surface area contributed by atoms with Gasteiger partial charge in [0.2, 0.25) is 0 Å². The maximum Gasteiger partial charge on any atom is 0.0719 e. The molecule has 4 aromatic carbocycles. The summed E-state index contributed by atoms with van der Waals surface area (Å²) < 4.78 is 2.62. The molecule has 6 rings (SSSR count). The summed E-state index contributed by atoms with van der Waals surface area (Å²) in [7, 11) is 0. The van der Waals surface area contributed by atoms with Gasteiger partial charge in [0.05, 0.1) is 5.69 Å². The Kier molecular flexibility index (Phi) is 5.04. The third-order valence-electron chi connectivity index (χ3n) is 6.74. The van der Waals surface area contributed by atoms with Crippen LogP contribution in [0.15, 0.2) is 97.2 Å². The maximum absolute atomic E-state index is 4.90. The molecule has 0 saturated carbocycles. The van der Waals surface area contributed by atoms with E-state index in [1.807, 2.05) is 17.5 Å². The zero-order valence-electron chi connectivity index (χ0n) is 19.6. The van der Waals surface area contributed by atoms with E-state index >= 15 is 0 Å². The molecule has 0 amide bonds. The Morgan fingerprint density at radius 2 is 1.35 bits per heavy atom. The van der Waals surface area contributed by atoms with Crippen LogP contribution in [0.3, 0.4) is 0 Å². The highest BCUT2D eigenvalue weighted by Crippen LogP contribution is 2.42. The standard InChI is InChI=1S/C32H25NS/c1-20-9-7-10-21(2)31(20)24-15-16-25-26-13-8-14-27(32(26)34-30(25)18-24)29-17-22(3)28(19-33-29)23-11-5-4-6-12-23/h4-19H,1-3H3. The van der Waals surface area contributed by atoms with E-state index in [1.54, 1.807) is 0 Å². The van der Waals surface area contributed by atoms with Crippen LogP contribution in [0.25, 0.3) is 53.7 Å². The molecule has 164 valence electrons. The van der Waals surface area contributed by atoms with E-state index in [9.17, 15) is 0 Å². The molecular formula is C32H25NS. The average molecular weight is 456 g/mol. The Morgan fingerprint density at radius 3 is 2.12 bits per heavy atom. The van der Waals surface area contributed by atoms with Crippen molar-refractivity contribution in [2.75, 3.05) is 0 Å². The van der Waals surface area contributed by atoms with Crippen molar-refractivity contribution in [3.8, 4) is 33.5 Å². The van der Waals surface area contributed by atoms with Gasteiger partial charge < -0.3 is 0 Å². The minimum absolute atomic E-state index is 1.03. The molecule has 0 N–H and O–H groups in total. The van der Waals surface area contributed by atoms with E-state index < -0.39 is 0 Å². The largest absolute Gasteiger partial charge is 0.256 e. The van der Waals surface area contributed by atoms with Crippen molar-refractivity contribution in [3.63, 3.8) is 0 Å². The maximum atomic E-state index is 4.90. The van der Waals surface area contributed by atoms with E-state index in [4.69, 9.17) is 4.98 Å².